The molecule has 3 aliphatic carbocycles. The molecule has 2 bridgehead atoms. The summed E-state index contributed by atoms with van der Waals surface area (Å²) < 4.78 is 23.2. The zero-order valence-corrected chi connectivity index (χ0v) is 18.6. The molecule has 6 rings (SSSR count). The van der Waals surface area contributed by atoms with Crippen molar-refractivity contribution < 1.29 is 24.1 Å². The molecule has 5 aliphatic rings. The van der Waals surface area contributed by atoms with Gasteiger partial charge in [-0.05, 0) is 69.0 Å². The second kappa shape index (κ2) is 7.62. The summed E-state index contributed by atoms with van der Waals surface area (Å²) in [5.74, 6) is 2.43. The van der Waals surface area contributed by atoms with Gasteiger partial charge in [-0.3, -0.25) is 4.90 Å². The lowest BCUT2D eigenvalue weighted by molar-refractivity contribution is -0.187. The van der Waals surface area contributed by atoms with Gasteiger partial charge in [0, 0.05) is 25.3 Å². The van der Waals surface area contributed by atoms with Crippen LogP contribution in [0.2, 0.25) is 0 Å². The summed E-state index contributed by atoms with van der Waals surface area (Å²) in [5, 5.41) is 12.3. The molecule has 4 atom stereocenters. The third-order valence-electron chi connectivity index (χ3n) is 8.91. The van der Waals surface area contributed by atoms with Crippen LogP contribution in [0.25, 0.3) is 0 Å². The number of hydrogen-bond donors (Lipinski definition) is 1. The zero-order chi connectivity index (χ0) is 21.1. The number of likely N-dealkylation sites (tertiary alicyclic amines) is 1. The first-order valence-electron chi connectivity index (χ1n) is 12.2. The van der Waals surface area contributed by atoms with E-state index in [9.17, 15) is 5.11 Å². The van der Waals surface area contributed by atoms with Crippen LogP contribution in [0.4, 0.5) is 0 Å². The highest BCUT2D eigenvalue weighted by atomic mass is 16.7. The van der Waals surface area contributed by atoms with E-state index in [1.165, 1.54) is 30.4 Å². The molecule has 2 heterocycles. The van der Waals surface area contributed by atoms with Gasteiger partial charge in [-0.1, -0.05) is 12.5 Å². The van der Waals surface area contributed by atoms with E-state index in [2.05, 4.69) is 11.0 Å². The molecule has 0 aromatic heterocycles. The van der Waals surface area contributed by atoms with Crippen molar-refractivity contribution in [3.05, 3.63) is 23.3 Å². The molecule has 1 aromatic rings. The first-order valence-corrected chi connectivity index (χ1v) is 12.2. The van der Waals surface area contributed by atoms with Crippen LogP contribution in [0.3, 0.4) is 0 Å². The predicted molar refractivity (Wildman–Crippen MR) is 116 cm³/mol. The smallest absolute Gasteiger partial charge is 0.189 e. The van der Waals surface area contributed by atoms with Crippen molar-refractivity contribution in [2.24, 2.45) is 5.92 Å². The predicted octanol–water partition coefficient (Wildman–Crippen LogP) is 3.03. The number of nitrogens with zero attached hydrogens (tertiary/aromatic N) is 1. The van der Waals surface area contributed by atoms with Crippen LogP contribution in [0.1, 0.15) is 56.1 Å². The Morgan fingerprint density at radius 3 is 2.87 bits per heavy atom. The molecule has 6 nitrogen and oxygen atoms in total. The molecule has 1 unspecified atom stereocenters. The Kier molecular flexibility index (Phi) is 4.98. The van der Waals surface area contributed by atoms with Crippen LogP contribution >= 0.6 is 0 Å². The van der Waals surface area contributed by atoms with Gasteiger partial charge in [0.25, 0.3) is 0 Å². The highest BCUT2D eigenvalue weighted by Gasteiger charge is 2.71. The summed E-state index contributed by atoms with van der Waals surface area (Å²) in [7, 11) is 1.66. The van der Waals surface area contributed by atoms with Crippen molar-refractivity contribution in [2.75, 3.05) is 40.2 Å². The minimum atomic E-state index is -0.705. The summed E-state index contributed by atoms with van der Waals surface area (Å²) in [5.41, 5.74) is 1.60. The number of methoxy groups -OCH3 is 1. The topological polar surface area (TPSA) is 60.4 Å². The van der Waals surface area contributed by atoms with E-state index in [-0.39, 0.29) is 24.4 Å². The second-order valence-corrected chi connectivity index (χ2v) is 10.2. The minimum absolute atomic E-state index is 0.0489. The Hall–Kier alpha value is -1.34. The van der Waals surface area contributed by atoms with E-state index in [1.54, 1.807) is 7.11 Å². The van der Waals surface area contributed by atoms with E-state index in [0.29, 0.717) is 13.2 Å². The molecule has 1 saturated heterocycles. The minimum Gasteiger partial charge on any atom is -0.485 e. The number of hydrogen-bond acceptors (Lipinski definition) is 6. The van der Waals surface area contributed by atoms with Crippen LogP contribution in [0, 0.1) is 5.92 Å². The second-order valence-electron chi connectivity index (χ2n) is 10.2. The van der Waals surface area contributed by atoms with Crippen molar-refractivity contribution in [1.82, 2.24) is 4.90 Å². The quantitative estimate of drug-likeness (QED) is 0.506. The van der Waals surface area contributed by atoms with Gasteiger partial charge < -0.3 is 24.1 Å². The monoisotopic (exact) mass is 429 g/mol. The molecule has 6 heteroatoms. The summed E-state index contributed by atoms with van der Waals surface area (Å²) in [6, 6.07) is 4.46. The molecular weight excluding hydrogens is 394 g/mol. The van der Waals surface area contributed by atoms with Crippen molar-refractivity contribution in [1.29, 1.82) is 0 Å². The van der Waals surface area contributed by atoms with Crippen molar-refractivity contribution in [3.8, 4) is 11.5 Å². The number of rotatable bonds is 8. The number of ether oxygens (including phenoxy) is 4. The van der Waals surface area contributed by atoms with Crippen LogP contribution in [-0.4, -0.2) is 68.0 Å². The van der Waals surface area contributed by atoms with E-state index in [0.717, 1.165) is 62.6 Å². The Balaban J connectivity index is 1.34. The molecule has 1 aromatic carbocycles. The first-order chi connectivity index (χ1) is 15.2. The Morgan fingerprint density at radius 2 is 2.06 bits per heavy atom. The van der Waals surface area contributed by atoms with Gasteiger partial charge in [-0.25, -0.2) is 0 Å². The molecule has 170 valence electrons. The molecule has 1 spiro atoms. The lowest BCUT2D eigenvalue weighted by Crippen LogP contribution is -2.75. The van der Waals surface area contributed by atoms with E-state index < -0.39 is 5.60 Å². The molecule has 31 heavy (non-hydrogen) atoms. The third kappa shape index (κ3) is 2.84. The molecule has 0 amide bonds. The molecule has 1 N–H and O–H groups in total. The number of benzene rings is 1. The largest absolute Gasteiger partial charge is 0.485 e. The van der Waals surface area contributed by atoms with E-state index in [1.807, 2.05) is 6.07 Å². The summed E-state index contributed by atoms with van der Waals surface area (Å²) in [6.45, 7) is 3.44. The standard InChI is InChI=1S/C25H35NO5/c1-28-12-13-29-16-30-19-8-7-18-14-20-25(27)9-3-6-21-24(25,22(18)23(19)31-21)10-11-26(20)15-17-4-2-5-17/h7-8,17,20-21,27H,2-6,9-16H2,1H3/t20-,21?,24-,25-/m1/s1. The summed E-state index contributed by atoms with van der Waals surface area (Å²) in [4.78, 5) is 2.63. The number of piperidine rings is 1. The molecular formula is C25H35NO5. The first kappa shape index (κ1) is 20.3. The molecule has 2 aliphatic heterocycles. The Morgan fingerprint density at radius 1 is 1.16 bits per heavy atom. The van der Waals surface area contributed by atoms with Gasteiger partial charge in [0.15, 0.2) is 18.3 Å². The summed E-state index contributed by atoms with van der Waals surface area (Å²) >= 11 is 0. The maximum absolute atomic E-state index is 12.3. The molecule has 3 fully saturated rings. The zero-order valence-electron chi connectivity index (χ0n) is 18.6. The molecule has 2 saturated carbocycles. The van der Waals surface area contributed by atoms with Crippen molar-refractivity contribution in [2.45, 2.75) is 74.5 Å². The maximum Gasteiger partial charge on any atom is 0.189 e. The van der Waals surface area contributed by atoms with Crippen molar-refractivity contribution in [3.63, 3.8) is 0 Å². The third-order valence-corrected chi connectivity index (χ3v) is 8.91. The fourth-order valence-electron chi connectivity index (χ4n) is 7.26. The SMILES string of the molecule is COCCOCOc1ccc2c3c1OC1CCC[C@@]4(O)[C@@H](C2)N(CC2CCC2)CC[C@]314. The lowest BCUT2D eigenvalue weighted by atomic mass is 9.49. The summed E-state index contributed by atoms with van der Waals surface area (Å²) in [6.07, 6.45) is 8.93. The highest BCUT2D eigenvalue weighted by molar-refractivity contribution is 5.62. The fourth-order valence-corrected chi connectivity index (χ4v) is 7.26. The van der Waals surface area contributed by atoms with Gasteiger partial charge in [0.2, 0.25) is 0 Å². The Bertz CT molecular complexity index is 841. The Labute approximate surface area is 184 Å². The van der Waals surface area contributed by atoms with E-state index >= 15 is 0 Å². The van der Waals surface area contributed by atoms with Gasteiger partial charge in [0.05, 0.1) is 24.2 Å². The lowest BCUT2D eigenvalue weighted by Gasteiger charge is -2.63. The maximum atomic E-state index is 12.3. The van der Waals surface area contributed by atoms with Gasteiger partial charge in [0.1, 0.15) is 6.10 Å². The van der Waals surface area contributed by atoms with Crippen LogP contribution < -0.4 is 9.47 Å². The van der Waals surface area contributed by atoms with Crippen LogP contribution in [-0.2, 0) is 21.3 Å². The average Bonchev–Trinajstić information content (AvgIpc) is 3.07. The van der Waals surface area contributed by atoms with Gasteiger partial charge >= 0.3 is 0 Å². The van der Waals surface area contributed by atoms with Crippen LogP contribution in [0.15, 0.2) is 12.1 Å². The van der Waals surface area contributed by atoms with E-state index in [4.69, 9.17) is 18.9 Å². The number of aliphatic hydroxyl groups is 1. The average molecular weight is 430 g/mol. The normalized spacial score (nSPS) is 35.9. The molecule has 0 radical (unpaired) electrons. The van der Waals surface area contributed by atoms with Crippen LogP contribution in [0.5, 0.6) is 11.5 Å². The van der Waals surface area contributed by atoms with Gasteiger partial charge in [-0.15, -0.1) is 0 Å². The van der Waals surface area contributed by atoms with Gasteiger partial charge in [-0.2, -0.15) is 0 Å². The highest BCUT2D eigenvalue weighted by Crippen LogP contribution is 2.65. The van der Waals surface area contributed by atoms with Crippen molar-refractivity contribution >= 4 is 0 Å². The fraction of sp³-hybridized carbons (Fsp3) is 0.760.